The van der Waals surface area contributed by atoms with Crippen LogP contribution < -0.4 is 5.32 Å². The van der Waals surface area contributed by atoms with E-state index in [1.165, 1.54) is 43.2 Å². The molecule has 0 spiro atoms. The van der Waals surface area contributed by atoms with E-state index in [9.17, 15) is 9.59 Å². The Kier molecular flexibility index (Phi) is 5.28. The van der Waals surface area contributed by atoms with Crippen LogP contribution in [0.2, 0.25) is 0 Å². The van der Waals surface area contributed by atoms with Crippen molar-refractivity contribution in [1.82, 2.24) is 4.90 Å². The Balaban J connectivity index is 1.32. The molecule has 0 aromatic heterocycles. The average molecular weight is 354 g/mol. The average Bonchev–Trinajstić information content (AvgIpc) is 3.51. The molecule has 0 atom stereocenters. The number of amides is 2. The van der Waals surface area contributed by atoms with Gasteiger partial charge in [0.2, 0.25) is 11.8 Å². The summed E-state index contributed by atoms with van der Waals surface area (Å²) in [6, 6.07) is 6.20. The molecular formula is C22H30N2O2. The van der Waals surface area contributed by atoms with Crippen molar-refractivity contribution >= 4 is 17.5 Å². The highest BCUT2D eigenvalue weighted by Gasteiger charge is 2.34. The number of benzene rings is 1. The van der Waals surface area contributed by atoms with Crippen LogP contribution in [0.4, 0.5) is 5.69 Å². The van der Waals surface area contributed by atoms with Crippen LogP contribution in [0, 0.1) is 11.8 Å². The number of nitrogens with zero attached hydrogens (tertiary/aromatic N) is 1. The van der Waals surface area contributed by atoms with Crippen LogP contribution in [-0.2, 0) is 22.6 Å². The Morgan fingerprint density at radius 2 is 1.85 bits per heavy atom. The van der Waals surface area contributed by atoms with Gasteiger partial charge in [-0.05, 0) is 54.9 Å². The zero-order chi connectivity index (χ0) is 17.9. The van der Waals surface area contributed by atoms with Gasteiger partial charge in [0.05, 0.1) is 0 Å². The topological polar surface area (TPSA) is 49.4 Å². The summed E-state index contributed by atoms with van der Waals surface area (Å²) in [5.41, 5.74) is 3.37. The summed E-state index contributed by atoms with van der Waals surface area (Å²) in [5, 5.41) is 3.07. The van der Waals surface area contributed by atoms with Gasteiger partial charge >= 0.3 is 0 Å². The highest BCUT2D eigenvalue weighted by Crippen LogP contribution is 2.33. The van der Waals surface area contributed by atoms with Crippen molar-refractivity contribution in [2.75, 3.05) is 11.9 Å². The first-order chi connectivity index (χ1) is 12.7. The molecule has 0 bridgehead atoms. The molecule has 4 rings (SSSR count). The highest BCUT2D eigenvalue weighted by molar-refractivity contribution is 5.90. The minimum atomic E-state index is 0.122. The van der Waals surface area contributed by atoms with Gasteiger partial charge in [-0.25, -0.2) is 0 Å². The first-order valence-electron chi connectivity index (χ1n) is 10.4. The van der Waals surface area contributed by atoms with Gasteiger partial charge in [0.15, 0.2) is 0 Å². The van der Waals surface area contributed by atoms with Gasteiger partial charge in [-0.1, -0.05) is 38.2 Å². The lowest BCUT2D eigenvalue weighted by Gasteiger charge is -2.29. The minimum absolute atomic E-state index is 0.122. The third-order valence-electron chi connectivity index (χ3n) is 6.24. The molecule has 0 saturated heterocycles. The number of hydrogen-bond acceptors (Lipinski definition) is 2. The number of carbonyl (C=O) groups is 2. The molecule has 4 nitrogen and oxygen atoms in total. The number of carbonyl (C=O) groups excluding carboxylic acids is 2. The van der Waals surface area contributed by atoms with Gasteiger partial charge in [0.25, 0.3) is 0 Å². The third kappa shape index (κ3) is 4.28. The van der Waals surface area contributed by atoms with Crippen LogP contribution in [-0.4, -0.2) is 23.3 Å². The molecule has 1 heterocycles. The number of hydrogen-bond donors (Lipinski definition) is 1. The second-order valence-corrected chi connectivity index (χ2v) is 8.36. The third-order valence-corrected chi connectivity index (χ3v) is 6.24. The van der Waals surface area contributed by atoms with E-state index in [4.69, 9.17) is 0 Å². The van der Waals surface area contributed by atoms with Crippen LogP contribution in [0.15, 0.2) is 18.2 Å². The van der Waals surface area contributed by atoms with Crippen LogP contribution in [0.5, 0.6) is 0 Å². The molecule has 1 aromatic rings. The van der Waals surface area contributed by atoms with Crippen molar-refractivity contribution in [1.29, 1.82) is 0 Å². The van der Waals surface area contributed by atoms with Crippen LogP contribution in [0.1, 0.15) is 68.9 Å². The van der Waals surface area contributed by atoms with E-state index in [0.29, 0.717) is 18.9 Å². The van der Waals surface area contributed by atoms with Gasteiger partial charge in [0.1, 0.15) is 0 Å². The van der Waals surface area contributed by atoms with Crippen molar-refractivity contribution in [3.05, 3.63) is 29.3 Å². The molecule has 2 amide bonds. The van der Waals surface area contributed by atoms with E-state index in [1.807, 2.05) is 11.0 Å². The molecule has 3 aliphatic rings. The highest BCUT2D eigenvalue weighted by atomic mass is 16.2. The number of anilines is 1. The standard InChI is InChI=1S/C22H30N2O2/c25-21(11-6-16-4-2-1-3-5-16)23-20-10-9-17-12-13-24(15-19(17)14-20)22(26)18-7-8-18/h9-10,14,16,18H,1-8,11-13,15H2,(H,23,25). The molecule has 2 fully saturated rings. The Labute approximate surface area is 156 Å². The summed E-state index contributed by atoms with van der Waals surface area (Å²) in [6.07, 6.45) is 11.3. The molecular weight excluding hydrogens is 324 g/mol. The van der Waals surface area contributed by atoms with Gasteiger partial charge in [-0.2, -0.15) is 0 Å². The van der Waals surface area contributed by atoms with E-state index in [2.05, 4.69) is 17.4 Å². The largest absolute Gasteiger partial charge is 0.338 e. The molecule has 1 N–H and O–H groups in total. The molecule has 4 heteroatoms. The van der Waals surface area contributed by atoms with Crippen molar-refractivity contribution < 1.29 is 9.59 Å². The summed E-state index contributed by atoms with van der Waals surface area (Å²) in [5.74, 6) is 1.45. The fraction of sp³-hybridized carbons (Fsp3) is 0.636. The predicted molar refractivity (Wildman–Crippen MR) is 103 cm³/mol. The van der Waals surface area contributed by atoms with Crippen molar-refractivity contribution in [3.63, 3.8) is 0 Å². The maximum Gasteiger partial charge on any atom is 0.225 e. The molecule has 2 saturated carbocycles. The van der Waals surface area contributed by atoms with Gasteiger partial charge in [-0.15, -0.1) is 0 Å². The molecule has 2 aliphatic carbocycles. The van der Waals surface area contributed by atoms with Crippen LogP contribution >= 0.6 is 0 Å². The fourth-order valence-electron chi connectivity index (χ4n) is 4.45. The lowest BCUT2D eigenvalue weighted by atomic mass is 9.86. The van der Waals surface area contributed by atoms with Gasteiger partial charge < -0.3 is 10.2 Å². The van der Waals surface area contributed by atoms with E-state index in [1.54, 1.807) is 0 Å². The monoisotopic (exact) mass is 354 g/mol. The normalized spacial score (nSPS) is 20.5. The van der Waals surface area contributed by atoms with Crippen molar-refractivity contribution in [2.24, 2.45) is 11.8 Å². The summed E-state index contributed by atoms with van der Waals surface area (Å²) in [4.78, 5) is 26.6. The first kappa shape index (κ1) is 17.6. The molecule has 26 heavy (non-hydrogen) atoms. The first-order valence-corrected chi connectivity index (χ1v) is 10.4. The SMILES string of the molecule is O=C(CCC1CCCCC1)Nc1ccc2c(c1)CN(C(=O)C1CC1)CC2. The Hall–Kier alpha value is -1.84. The van der Waals surface area contributed by atoms with E-state index >= 15 is 0 Å². The molecule has 0 radical (unpaired) electrons. The molecule has 140 valence electrons. The zero-order valence-corrected chi connectivity index (χ0v) is 15.6. The minimum Gasteiger partial charge on any atom is -0.338 e. The Bertz CT molecular complexity index is 675. The quantitative estimate of drug-likeness (QED) is 0.858. The zero-order valence-electron chi connectivity index (χ0n) is 15.6. The van der Waals surface area contributed by atoms with Crippen LogP contribution in [0.25, 0.3) is 0 Å². The fourth-order valence-corrected chi connectivity index (χ4v) is 4.45. The van der Waals surface area contributed by atoms with Crippen molar-refractivity contribution in [3.8, 4) is 0 Å². The summed E-state index contributed by atoms with van der Waals surface area (Å²) in [7, 11) is 0. The predicted octanol–water partition coefficient (Wildman–Crippen LogP) is 4.28. The summed E-state index contributed by atoms with van der Waals surface area (Å²) in [6.45, 7) is 1.52. The molecule has 1 aromatic carbocycles. The maximum absolute atomic E-state index is 12.3. The summed E-state index contributed by atoms with van der Waals surface area (Å²) < 4.78 is 0. The van der Waals surface area contributed by atoms with E-state index in [-0.39, 0.29) is 11.8 Å². The Morgan fingerprint density at radius 3 is 2.62 bits per heavy atom. The smallest absolute Gasteiger partial charge is 0.225 e. The molecule has 0 unspecified atom stereocenters. The second kappa shape index (κ2) is 7.81. The van der Waals surface area contributed by atoms with E-state index in [0.717, 1.165) is 43.8 Å². The number of fused-ring (bicyclic) bond motifs is 1. The number of nitrogens with one attached hydrogen (secondary N) is 1. The second-order valence-electron chi connectivity index (χ2n) is 8.36. The maximum atomic E-state index is 12.3. The van der Waals surface area contributed by atoms with Gasteiger partial charge in [0, 0.05) is 31.1 Å². The van der Waals surface area contributed by atoms with Gasteiger partial charge in [-0.3, -0.25) is 9.59 Å². The molecule has 1 aliphatic heterocycles. The van der Waals surface area contributed by atoms with Crippen LogP contribution in [0.3, 0.4) is 0 Å². The summed E-state index contributed by atoms with van der Waals surface area (Å²) >= 11 is 0. The lowest BCUT2D eigenvalue weighted by molar-refractivity contribution is -0.133. The Morgan fingerprint density at radius 1 is 1.04 bits per heavy atom. The van der Waals surface area contributed by atoms with E-state index < -0.39 is 0 Å². The number of rotatable bonds is 5. The van der Waals surface area contributed by atoms with Crippen molar-refractivity contribution in [2.45, 2.75) is 70.8 Å². The lowest BCUT2D eigenvalue weighted by Crippen LogP contribution is -2.36.